The van der Waals surface area contributed by atoms with Gasteiger partial charge in [-0.15, -0.1) is 0 Å². The van der Waals surface area contributed by atoms with E-state index in [1.54, 1.807) is 13.2 Å². The van der Waals surface area contributed by atoms with Gasteiger partial charge in [-0.25, -0.2) is 4.98 Å². The van der Waals surface area contributed by atoms with E-state index in [9.17, 15) is 0 Å². The second-order valence-electron chi connectivity index (χ2n) is 5.36. The van der Waals surface area contributed by atoms with Crippen LogP contribution in [0, 0.1) is 0 Å². The van der Waals surface area contributed by atoms with Crippen LogP contribution >= 0.6 is 0 Å². The van der Waals surface area contributed by atoms with Gasteiger partial charge in [-0.2, -0.15) is 4.98 Å². The van der Waals surface area contributed by atoms with Crippen molar-refractivity contribution in [1.29, 1.82) is 0 Å². The maximum Gasteiger partial charge on any atom is 0.215 e. The van der Waals surface area contributed by atoms with Gasteiger partial charge in [0.05, 0.1) is 7.11 Å². The van der Waals surface area contributed by atoms with E-state index in [2.05, 4.69) is 34.2 Å². The van der Waals surface area contributed by atoms with Gasteiger partial charge in [0.15, 0.2) is 5.65 Å². The minimum absolute atomic E-state index is 0.331. The predicted molar refractivity (Wildman–Crippen MR) is 81.3 cm³/mol. The molecule has 3 aromatic rings. The molecular formula is C16H16N4O. The molecule has 5 heteroatoms. The molecule has 0 radical (unpaired) electrons. The smallest absolute Gasteiger partial charge is 0.215 e. The molecule has 0 amide bonds. The molecule has 21 heavy (non-hydrogen) atoms. The highest BCUT2D eigenvalue weighted by atomic mass is 16.5. The summed E-state index contributed by atoms with van der Waals surface area (Å²) in [5, 5.41) is 0. The van der Waals surface area contributed by atoms with Crippen molar-refractivity contribution in [2.45, 2.75) is 18.4 Å². The number of pyridine rings is 1. The number of imidazole rings is 1. The Morgan fingerprint density at radius 3 is 2.71 bits per heavy atom. The number of hydrogen-bond donors (Lipinski definition) is 1. The van der Waals surface area contributed by atoms with E-state index < -0.39 is 0 Å². The molecule has 5 nitrogen and oxygen atoms in total. The Kier molecular flexibility index (Phi) is 2.60. The molecule has 2 heterocycles. The van der Waals surface area contributed by atoms with Crippen LogP contribution in [-0.2, 0) is 0 Å². The molecule has 0 saturated heterocycles. The summed E-state index contributed by atoms with van der Waals surface area (Å²) in [6.45, 7) is 0. The molecule has 0 bridgehead atoms. The fraction of sp³-hybridized carbons (Fsp3) is 0.250. The average molecular weight is 280 g/mol. The number of anilines is 1. The number of rotatable bonds is 3. The first kappa shape index (κ1) is 12.2. The van der Waals surface area contributed by atoms with Gasteiger partial charge < -0.3 is 10.5 Å². The van der Waals surface area contributed by atoms with Crippen LogP contribution in [0.5, 0.6) is 5.88 Å². The number of aromatic nitrogens is 3. The lowest BCUT2D eigenvalue weighted by atomic mass is 10.1. The molecule has 2 unspecified atom stereocenters. The van der Waals surface area contributed by atoms with E-state index in [0.717, 1.165) is 17.6 Å². The van der Waals surface area contributed by atoms with Crippen LogP contribution in [-0.4, -0.2) is 21.6 Å². The van der Waals surface area contributed by atoms with Gasteiger partial charge in [0, 0.05) is 18.0 Å². The maximum absolute atomic E-state index is 6.10. The van der Waals surface area contributed by atoms with Crippen molar-refractivity contribution in [1.82, 2.24) is 14.5 Å². The maximum atomic E-state index is 6.10. The van der Waals surface area contributed by atoms with Crippen LogP contribution in [0.25, 0.3) is 11.2 Å². The summed E-state index contributed by atoms with van der Waals surface area (Å²) in [5.41, 5.74) is 9.05. The fourth-order valence-corrected chi connectivity index (χ4v) is 2.94. The Labute approximate surface area is 122 Å². The predicted octanol–water partition coefficient (Wildman–Crippen LogP) is 2.75. The summed E-state index contributed by atoms with van der Waals surface area (Å²) in [5.74, 6) is 1.59. The quantitative estimate of drug-likeness (QED) is 0.801. The van der Waals surface area contributed by atoms with Crippen LogP contribution in [0.15, 0.2) is 42.5 Å². The number of fused-ring (bicyclic) bond motifs is 1. The Morgan fingerprint density at radius 1 is 1.14 bits per heavy atom. The second kappa shape index (κ2) is 4.48. The van der Waals surface area contributed by atoms with Crippen LogP contribution in [0.1, 0.15) is 23.9 Å². The zero-order valence-electron chi connectivity index (χ0n) is 11.7. The lowest BCUT2D eigenvalue weighted by molar-refractivity contribution is 0.399. The Hall–Kier alpha value is -2.56. The van der Waals surface area contributed by atoms with Crippen LogP contribution in [0.2, 0.25) is 0 Å². The van der Waals surface area contributed by atoms with E-state index in [-0.39, 0.29) is 0 Å². The summed E-state index contributed by atoms with van der Waals surface area (Å²) >= 11 is 0. The molecule has 1 fully saturated rings. The SMILES string of the molecule is COc1ccc2nc(N)n(C3CC3c3ccccc3)c2n1. The molecule has 2 aromatic heterocycles. The van der Waals surface area contributed by atoms with Gasteiger partial charge in [0.2, 0.25) is 11.8 Å². The van der Waals surface area contributed by atoms with E-state index in [1.165, 1.54) is 5.56 Å². The third-order valence-electron chi connectivity index (χ3n) is 4.06. The largest absolute Gasteiger partial charge is 0.481 e. The van der Waals surface area contributed by atoms with Crippen LogP contribution in [0.3, 0.4) is 0 Å². The Bertz CT molecular complexity index is 797. The molecule has 0 spiro atoms. The standard InChI is InChI=1S/C16H16N4O/c1-21-14-8-7-12-15(19-14)20(16(17)18-12)13-9-11(13)10-5-3-2-4-6-10/h2-8,11,13H,9H2,1H3,(H2,17,18). The van der Waals surface area contributed by atoms with Crippen molar-refractivity contribution < 1.29 is 4.74 Å². The topological polar surface area (TPSA) is 66.0 Å². The fourth-order valence-electron chi connectivity index (χ4n) is 2.94. The van der Waals surface area contributed by atoms with Gasteiger partial charge in [-0.3, -0.25) is 4.57 Å². The van der Waals surface area contributed by atoms with E-state index >= 15 is 0 Å². The van der Waals surface area contributed by atoms with Gasteiger partial charge in [-0.1, -0.05) is 30.3 Å². The third-order valence-corrected chi connectivity index (χ3v) is 4.06. The highest BCUT2D eigenvalue weighted by Gasteiger charge is 2.42. The minimum Gasteiger partial charge on any atom is -0.481 e. The summed E-state index contributed by atoms with van der Waals surface area (Å²) in [7, 11) is 1.61. The number of hydrogen-bond acceptors (Lipinski definition) is 4. The molecule has 1 saturated carbocycles. The van der Waals surface area contributed by atoms with Crippen molar-refractivity contribution in [3.8, 4) is 5.88 Å². The summed E-state index contributed by atoms with van der Waals surface area (Å²) in [4.78, 5) is 8.90. The highest BCUT2D eigenvalue weighted by molar-refractivity contribution is 5.75. The Morgan fingerprint density at radius 2 is 1.95 bits per heavy atom. The number of ether oxygens (including phenoxy) is 1. The van der Waals surface area contributed by atoms with Crippen LogP contribution in [0.4, 0.5) is 5.95 Å². The van der Waals surface area contributed by atoms with E-state index in [1.807, 2.05) is 16.7 Å². The van der Waals surface area contributed by atoms with Crippen molar-refractivity contribution in [3.63, 3.8) is 0 Å². The molecule has 0 aliphatic heterocycles. The number of benzene rings is 1. The monoisotopic (exact) mass is 280 g/mol. The molecule has 2 N–H and O–H groups in total. The normalized spacial score (nSPS) is 20.6. The number of nitrogens with zero attached hydrogens (tertiary/aromatic N) is 3. The number of nitrogen functional groups attached to an aromatic ring is 1. The van der Waals surface area contributed by atoms with Gasteiger partial charge in [0.25, 0.3) is 0 Å². The molecule has 2 atom stereocenters. The first-order valence-corrected chi connectivity index (χ1v) is 7.01. The number of methoxy groups -OCH3 is 1. The molecule has 1 aliphatic carbocycles. The summed E-state index contributed by atoms with van der Waals surface area (Å²) in [6.07, 6.45) is 1.07. The van der Waals surface area contributed by atoms with Crippen molar-refractivity contribution in [3.05, 3.63) is 48.0 Å². The van der Waals surface area contributed by atoms with Crippen molar-refractivity contribution >= 4 is 17.1 Å². The molecule has 1 aliphatic rings. The average Bonchev–Trinajstić information content (AvgIpc) is 3.23. The van der Waals surface area contributed by atoms with Crippen molar-refractivity contribution in [2.75, 3.05) is 12.8 Å². The zero-order chi connectivity index (χ0) is 14.4. The number of nitrogens with two attached hydrogens (primary N) is 1. The first-order valence-electron chi connectivity index (χ1n) is 7.01. The van der Waals surface area contributed by atoms with Crippen LogP contribution < -0.4 is 10.5 Å². The highest BCUT2D eigenvalue weighted by Crippen LogP contribution is 2.53. The van der Waals surface area contributed by atoms with Gasteiger partial charge >= 0.3 is 0 Å². The molecule has 1 aromatic carbocycles. The van der Waals surface area contributed by atoms with Gasteiger partial charge in [-0.05, 0) is 18.1 Å². The second-order valence-corrected chi connectivity index (χ2v) is 5.36. The Balaban J connectivity index is 1.76. The van der Waals surface area contributed by atoms with Crippen molar-refractivity contribution in [2.24, 2.45) is 0 Å². The minimum atomic E-state index is 0.331. The summed E-state index contributed by atoms with van der Waals surface area (Å²) < 4.78 is 7.24. The lowest BCUT2D eigenvalue weighted by Crippen LogP contribution is -2.03. The summed E-state index contributed by atoms with van der Waals surface area (Å²) in [6, 6.07) is 14.5. The third kappa shape index (κ3) is 1.93. The first-order chi connectivity index (χ1) is 10.3. The lowest BCUT2D eigenvalue weighted by Gasteiger charge is -2.06. The molecule has 4 rings (SSSR count). The van der Waals surface area contributed by atoms with E-state index in [4.69, 9.17) is 10.5 Å². The molecular weight excluding hydrogens is 264 g/mol. The zero-order valence-corrected chi connectivity index (χ0v) is 11.7. The van der Waals surface area contributed by atoms with Gasteiger partial charge in [0.1, 0.15) is 5.52 Å². The van der Waals surface area contributed by atoms with E-state index in [0.29, 0.717) is 23.8 Å². The molecule has 106 valence electrons.